The van der Waals surface area contributed by atoms with Crippen LogP contribution in [0.15, 0.2) is 0 Å². The van der Waals surface area contributed by atoms with Gasteiger partial charge >= 0.3 is 5.97 Å². The van der Waals surface area contributed by atoms with Crippen molar-refractivity contribution in [2.45, 2.75) is 54.0 Å². The van der Waals surface area contributed by atoms with E-state index in [1.807, 2.05) is 34.6 Å². The summed E-state index contributed by atoms with van der Waals surface area (Å²) in [6.07, 6.45) is 0.748. The minimum atomic E-state index is -0.434. The highest BCUT2D eigenvalue weighted by molar-refractivity contribution is 5.86. The zero-order valence-corrected chi connectivity index (χ0v) is 11.9. The Morgan fingerprint density at radius 3 is 2.12 bits per heavy atom. The van der Waals surface area contributed by atoms with Crippen LogP contribution in [0.4, 0.5) is 0 Å². The van der Waals surface area contributed by atoms with Gasteiger partial charge in [0.05, 0.1) is 6.61 Å². The predicted octanol–water partition coefficient (Wildman–Crippen LogP) is 2.22. The fraction of sp³-hybridized carbons (Fsp3) is 0.846. The molecule has 0 aromatic carbocycles. The third-order valence-electron chi connectivity index (χ3n) is 2.95. The molecule has 0 fully saturated rings. The van der Waals surface area contributed by atoms with E-state index in [1.54, 1.807) is 11.8 Å². The second-order valence-corrected chi connectivity index (χ2v) is 5.07. The predicted molar refractivity (Wildman–Crippen MR) is 67.6 cm³/mol. The van der Waals surface area contributed by atoms with Crippen LogP contribution in [-0.4, -0.2) is 36.0 Å². The van der Waals surface area contributed by atoms with Crippen molar-refractivity contribution < 1.29 is 14.3 Å². The Bertz CT molecular complexity index is 272. The average molecular weight is 243 g/mol. The standard InChI is InChI=1S/C13H25NO3/c1-7-13(5,6)12(16)14(10(3)4)9-11(15)17-8-2/h10H,7-9H2,1-6H3. The van der Waals surface area contributed by atoms with E-state index in [4.69, 9.17) is 4.74 Å². The maximum atomic E-state index is 12.3. The van der Waals surface area contributed by atoms with Gasteiger partial charge in [0.25, 0.3) is 0 Å². The van der Waals surface area contributed by atoms with Crippen molar-refractivity contribution in [1.29, 1.82) is 0 Å². The molecule has 0 radical (unpaired) electrons. The molecule has 17 heavy (non-hydrogen) atoms. The molecule has 4 heteroatoms. The zero-order valence-electron chi connectivity index (χ0n) is 11.9. The molecule has 0 heterocycles. The van der Waals surface area contributed by atoms with Crippen LogP contribution in [0.1, 0.15) is 48.0 Å². The molecule has 0 aliphatic carbocycles. The van der Waals surface area contributed by atoms with Crippen molar-refractivity contribution in [3.63, 3.8) is 0 Å². The first-order valence-electron chi connectivity index (χ1n) is 6.23. The van der Waals surface area contributed by atoms with Gasteiger partial charge in [-0.2, -0.15) is 0 Å². The second-order valence-electron chi connectivity index (χ2n) is 5.07. The van der Waals surface area contributed by atoms with Crippen LogP contribution in [0.5, 0.6) is 0 Å². The number of esters is 1. The molecule has 0 atom stereocenters. The first-order chi connectivity index (χ1) is 7.76. The summed E-state index contributed by atoms with van der Waals surface area (Å²) in [7, 11) is 0. The van der Waals surface area contributed by atoms with Crippen LogP contribution in [0.3, 0.4) is 0 Å². The summed E-state index contributed by atoms with van der Waals surface area (Å²) < 4.78 is 4.89. The molecule has 4 nitrogen and oxygen atoms in total. The van der Waals surface area contributed by atoms with Gasteiger partial charge in [0.2, 0.25) is 5.91 Å². The Morgan fingerprint density at radius 1 is 1.24 bits per heavy atom. The number of carbonyl (C=O) groups is 2. The van der Waals surface area contributed by atoms with E-state index in [2.05, 4.69) is 0 Å². The SMILES string of the molecule is CCOC(=O)CN(C(=O)C(C)(C)CC)C(C)C. The summed E-state index contributed by atoms with van der Waals surface area (Å²) in [5, 5.41) is 0. The molecular weight excluding hydrogens is 218 g/mol. The monoisotopic (exact) mass is 243 g/mol. The number of amides is 1. The Labute approximate surface area is 104 Å². The molecule has 0 aromatic heterocycles. The van der Waals surface area contributed by atoms with Gasteiger partial charge in [-0.25, -0.2) is 0 Å². The molecule has 0 saturated carbocycles. The van der Waals surface area contributed by atoms with Gasteiger partial charge in [-0.3, -0.25) is 9.59 Å². The lowest BCUT2D eigenvalue weighted by Gasteiger charge is -2.33. The van der Waals surface area contributed by atoms with Crippen LogP contribution >= 0.6 is 0 Å². The number of hydrogen-bond acceptors (Lipinski definition) is 3. The van der Waals surface area contributed by atoms with Crippen LogP contribution in [0.25, 0.3) is 0 Å². The lowest BCUT2D eigenvalue weighted by Crippen LogP contribution is -2.47. The van der Waals surface area contributed by atoms with Crippen molar-refractivity contribution >= 4 is 11.9 Å². The van der Waals surface area contributed by atoms with E-state index >= 15 is 0 Å². The number of rotatable bonds is 6. The number of hydrogen-bond donors (Lipinski definition) is 0. The fourth-order valence-electron chi connectivity index (χ4n) is 1.37. The van der Waals surface area contributed by atoms with E-state index in [-0.39, 0.29) is 24.5 Å². The summed E-state index contributed by atoms with van der Waals surface area (Å²) >= 11 is 0. The van der Waals surface area contributed by atoms with Gasteiger partial charge in [-0.05, 0) is 27.2 Å². The summed E-state index contributed by atoms with van der Waals surface area (Å²) in [4.78, 5) is 25.3. The van der Waals surface area contributed by atoms with Gasteiger partial charge in [0.15, 0.2) is 0 Å². The smallest absolute Gasteiger partial charge is 0.325 e. The molecule has 0 rings (SSSR count). The number of carbonyl (C=O) groups excluding carboxylic acids is 2. The maximum Gasteiger partial charge on any atom is 0.325 e. The van der Waals surface area contributed by atoms with Gasteiger partial charge < -0.3 is 9.64 Å². The largest absolute Gasteiger partial charge is 0.465 e. The highest BCUT2D eigenvalue weighted by atomic mass is 16.5. The molecule has 0 aromatic rings. The fourth-order valence-corrected chi connectivity index (χ4v) is 1.37. The van der Waals surface area contributed by atoms with Crippen molar-refractivity contribution in [3.8, 4) is 0 Å². The molecule has 0 unspecified atom stereocenters. The molecule has 0 bridgehead atoms. The maximum absolute atomic E-state index is 12.3. The summed E-state index contributed by atoms with van der Waals surface area (Å²) in [5.41, 5.74) is -0.434. The molecule has 100 valence electrons. The van der Waals surface area contributed by atoms with Crippen LogP contribution in [-0.2, 0) is 14.3 Å². The van der Waals surface area contributed by atoms with Gasteiger partial charge in [0.1, 0.15) is 6.54 Å². The van der Waals surface area contributed by atoms with Gasteiger partial charge in [0, 0.05) is 11.5 Å². The molecule has 0 spiro atoms. The molecule has 0 aliphatic heterocycles. The average Bonchev–Trinajstić information content (AvgIpc) is 2.25. The van der Waals surface area contributed by atoms with Crippen molar-refractivity contribution in [2.24, 2.45) is 5.41 Å². The minimum Gasteiger partial charge on any atom is -0.465 e. The first kappa shape index (κ1) is 15.9. The normalized spacial score (nSPS) is 11.5. The van der Waals surface area contributed by atoms with Gasteiger partial charge in [-0.1, -0.05) is 20.8 Å². The van der Waals surface area contributed by atoms with E-state index in [9.17, 15) is 9.59 Å². The van der Waals surface area contributed by atoms with E-state index in [0.29, 0.717) is 6.61 Å². The Kier molecular flexibility index (Phi) is 6.21. The lowest BCUT2D eigenvalue weighted by molar-refractivity contribution is -0.153. The summed E-state index contributed by atoms with van der Waals surface area (Å²) in [6.45, 7) is 11.7. The van der Waals surface area contributed by atoms with Crippen molar-refractivity contribution in [3.05, 3.63) is 0 Å². The first-order valence-corrected chi connectivity index (χ1v) is 6.23. The Hall–Kier alpha value is -1.06. The van der Waals surface area contributed by atoms with Crippen molar-refractivity contribution in [2.75, 3.05) is 13.2 Å². The zero-order chi connectivity index (χ0) is 13.6. The topological polar surface area (TPSA) is 46.6 Å². The lowest BCUT2D eigenvalue weighted by atomic mass is 9.88. The second kappa shape index (κ2) is 6.62. The van der Waals surface area contributed by atoms with Crippen molar-refractivity contribution in [1.82, 2.24) is 4.90 Å². The molecule has 1 amide bonds. The molecule has 0 aliphatic rings. The third kappa shape index (κ3) is 4.75. The summed E-state index contributed by atoms with van der Waals surface area (Å²) in [6, 6.07) is -0.00210. The van der Waals surface area contributed by atoms with Crippen LogP contribution in [0, 0.1) is 5.41 Å². The number of nitrogens with zero attached hydrogens (tertiary/aromatic N) is 1. The Morgan fingerprint density at radius 2 is 1.76 bits per heavy atom. The van der Waals surface area contributed by atoms with E-state index < -0.39 is 5.41 Å². The number of ether oxygens (including phenoxy) is 1. The highest BCUT2D eigenvalue weighted by Gasteiger charge is 2.32. The quantitative estimate of drug-likeness (QED) is 0.672. The van der Waals surface area contributed by atoms with E-state index in [1.165, 1.54) is 0 Å². The van der Waals surface area contributed by atoms with Gasteiger partial charge in [-0.15, -0.1) is 0 Å². The minimum absolute atomic E-state index is 0.00210. The molecular formula is C13H25NO3. The Balaban J connectivity index is 4.75. The third-order valence-corrected chi connectivity index (χ3v) is 2.95. The van der Waals surface area contributed by atoms with E-state index in [0.717, 1.165) is 6.42 Å². The highest BCUT2D eigenvalue weighted by Crippen LogP contribution is 2.24. The van der Waals surface area contributed by atoms with Crippen LogP contribution in [0.2, 0.25) is 0 Å². The summed E-state index contributed by atoms with van der Waals surface area (Å²) in [5.74, 6) is -0.343. The molecule has 0 N–H and O–H groups in total. The molecule has 0 saturated heterocycles. The van der Waals surface area contributed by atoms with Crippen LogP contribution < -0.4 is 0 Å².